The summed E-state index contributed by atoms with van der Waals surface area (Å²) in [5.41, 5.74) is 1.25. The molecule has 0 atom stereocenters. The van der Waals surface area contributed by atoms with Crippen molar-refractivity contribution in [2.24, 2.45) is 0 Å². The number of halogens is 1. The molecule has 0 aliphatic heterocycles. The lowest BCUT2D eigenvalue weighted by atomic mass is 10.0. The molecule has 1 aromatic rings. The number of hydrogen-bond acceptors (Lipinski definition) is 2. The highest BCUT2D eigenvalue weighted by Crippen LogP contribution is 2.13. The Hall–Kier alpha value is -1.06. The third-order valence-corrected chi connectivity index (χ3v) is 5.77. The third-order valence-electron chi connectivity index (χ3n) is 5.77. The van der Waals surface area contributed by atoms with Crippen molar-refractivity contribution in [1.82, 2.24) is 0 Å². The van der Waals surface area contributed by atoms with E-state index in [1.54, 1.807) is 0 Å². The van der Waals surface area contributed by atoms with Gasteiger partial charge in [0.05, 0.1) is 20.7 Å². The Morgan fingerprint density at radius 1 is 0.742 bits per heavy atom. The van der Waals surface area contributed by atoms with Crippen molar-refractivity contribution in [3.63, 3.8) is 0 Å². The average Bonchev–Trinajstić information content (AvgIpc) is 2.71. The molecule has 0 N–H and O–H groups in total. The molecule has 0 aliphatic rings. The van der Waals surface area contributed by atoms with Crippen molar-refractivity contribution in [3.05, 3.63) is 35.9 Å². The lowest BCUT2D eigenvalue weighted by Gasteiger charge is -2.28. The molecule has 31 heavy (non-hydrogen) atoms. The van der Waals surface area contributed by atoms with Crippen LogP contribution in [0.1, 0.15) is 102 Å². The number of rotatable bonds is 19. The Balaban J connectivity index is 0.00000900. The quantitative estimate of drug-likeness (QED) is 0.177. The first-order chi connectivity index (χ1) is 14.5. The summed E-state index contributed by atoms with van der Waals surface area (Å²) in [6.07, 6.45) is 18.8. The van der Waals surface area contributed by atoms with Crippen molar-refractivity contribution in [2.75, 3.05) is 27.2 Å². The van der Waals surface area contributed by atoms with Gasteiger partial charge in [-0.3, -0.25) is 0 Å². The lowest BCUT2D eigenvalue weighted by Crippen LogP contribution is -3.00. The average molecular weight is 454 g/mol. The summed E-state index contributed by atoms with van der Waals surface area (Å²) in [4.78, 5) is 12.1. The molecule has 0 saturated heterocycles. The number of esters is 1. The first kappa shape index (κ1) is 29.9. The van der Waals surface area contributed by atoms with Gasteiger partial charge in [0.15, 0.2) is 6.54 Å². The highest BCUT2D eigenvalue weighted by atomic mass is 35.5. The maximum atomic E-state index is 12.1. The number of likely N-dealkylation sites (N-methyl/N-ethyl adjacent to an activating group) is 1. The van der Waals surface area contributed by atoms with Crippen LogP contribution in [0.2, 0.25) is 0 Å². The van der Waals surface area contributed by atoms with Gasteiger partial charge < -0.3 is 21.6 Å². The van der Waals surface area contributed by atoms with Gasteiger partial charge >= 0.3 is 5.97 Å². The second-order valence-electron chi connectivity index (χ2n) is 9.55. The summed E-state index contributed by atoms with van der Waals surface area (Å²) < 4.78 is 6.09. The van der Waals surface area contributed by atoms with Crippen LogP contribution in [0.5, 0.6) is 0 Å². The molecule has 0 spiro atoms. The van der Waals surface area contributed by atoms with Gasteiger partial charge in [0.25, 0.3) is 0 Å². The van der Waals surface area contributed by atoms with E-state index in [1.807, 2.05) is 18.2 Å². The first-order valence-electron chi connectivity index (χ1n) is 12.5. The molecule has 0 fully saturated rings. The molecule has 0 radical (unpaired) electrons. The molecule has 1 rings (SSSR count). The number of quaternary nitrogens is 1. The summed E-state index contributed by atoms with van der Waals surface area (Å²) >= 11 is 0. The van der Waals surface area contributed by atoms with E-state index in [9.17, 15) is 4.79 Å². The first-order valence-corrected chi connectivity index (χ1v) is 12.5. The van der Waals surface area contributed by atoms with E-state index in [2.05, 4.69) is 33.2 Å². The highest BCUT2D eigenvalue weighted by molar-refractivity contribution is 5.70. The van der Waals surface area contributed by atoms with E-state index in [-0.39, 0.29) is 18.4 Å². The van der Waals surface area contributed by atoms with Crippen molar-refractivity contribution >= 4 is 5.97 Å². The van der Waals surface area contributed by atoms with Crippen LogP contribution in [0, 0.1) is 0 Å². The fourth-order valence-electron chi connectivity index (χ4n) is 4.01. The van der Waals surface area contributed by atoms with Crippen LogP contribution < -0.4 is 12.4 Å². The molecule has 0 bridgehead atoms. The maximum Gasteiger partial charge on any atom is 0.361 e. The highest BCUT2D eigenvalue weighted by Gasteiger charge is 2.21. The predicted molar refractivity (Wildman–Crippen MR) is 128 cm³/mol. The number of nitrogens with zero attached hydrogens (tertiary/aromatic N) is 1. The summed E-state index contributed by atoms with van der Waals surface area (Å²) in [7, 11) is 4.17. The van der Waals surface area contributed by atoms with Gasteiger partial charge in [-0.15, -0.1) is 0 Å². The van der Waals surface area contributed by atoms with Gasteiger partial charge in [0, 0.05) is 5.56 Å². The van der Waals surface area contributed by atoms with Crippen LogP contribution in [0.3, 0.4) is 0 Å². The van der Waals surface area contributed by atoms with Gasteiger partial charge in [-0.1, -0.05) is 121 Å². The maximum absolute atomic E-state index is 12.1. The topological polar surface area (TPSA) is 26.3 Å². The van der Waals surface area contributed by atoms with Crippen molar-refractivity contribution in [3.8, 4) is 0 Å². The van der Waals surface area contributed by atoms with E-state index in [4.69, 9.17) is 4.74 Å². The van der Waals surface area contributed by atoms with E-state index in [0.717, 1.165) is 13.0 Å². The second kappa shape index (κ2) is 19.6. The van der Waals surface area contributed by atoms with Gasteiger partial charge in [-0.2, -0.15) is 0 Å². The molecule has 0 aliphatic carbocycles. The standard InChI is InChI=1S/C27H48NO2.ClH/c1-4-5-6-7-8-9-10-11-12-13-14-15-16-20-23-30-27(29)25-28(2,3)24-26-21-18-17-19-22-26;/h17-19,21-22H,4-16,20,23-25H2,1-3H3;1H/q+1;/p-1. The Morgan fingerprint density at radius 2 is 1.19 bits per heavy atom. The normalized spacial score (nSPS) is 11.2. The number of carbonyl (C=O) groups is 1. The van der Waals surface area contributed by atoms with Gasteiger partial charge in [-0.25, -0.2) is 4.79 Å². The van der Waals surface area contributed by atoms with Crippen LogP contribution in [0.25, 0.3) is 0 Å². The summed E-state index contributed by atoms with van der Waals surface area (Å²) in [6.45, 7) is 4.12. The number of benzene rings is 1. The fourth-order valence-corrected chi connectivity index (χ4v) is 4.01. The molecule has 3 nitrogen and oxygen atoms in total. The minimum atomic E-state index is -0.0781. The Bertz CT molecular complexity index is 533. The van der Waals surface area contributed by atoms with Crippen LogP contribution in [0.15, 0.2) is 30.3 Å². The minimum Gasteiger partial charge on any atom is -1.00 e. The monoisotopic (exact) mass is 453 g/mol. The SMILES string of the molecule is CCCCCCCCCCCCCCCCOC(=O)C[N+](C)(C)Cc1ccccc1.[Cl-]. The molecule has 180 valence electrons. The molecule has 0 heterocycles. The van der Waals surface area contributed by atoms with Crippen LogP contribution in [0.4, 0.5) is 0 Å². The summed E-state index contributed by atoms with van der Waals surface area (Å²) in [6, 6.07) is 10.3. The van der Waals surface area contributed by atoms with Crippen molar-refractivity contribution < 1.29 is 26.4 Å². The minimum absolute atomic E-state index is 0. The van der Waals surface area contributed by atoms with Crippen molar-refractivity contribution in [1.29, 1.82) is 0 Å². The fraction of sp³-hybridized carbons (Fsp3) is 0.741. The Kier molecular flexibility index (Phi) is 18.9. The zero-order valence-electron chi connectivity index (χ0n) is 20.5. The van der Waals surface area contributed by atoms with Gasteiger partial charge in [0.2, 0.25) is 0 Å². The van der Waals surface area contributed by atoms with Gasteiger partial charge in [-0.05, 0) is 6.42 Å². The van der Waals surface area contributed by atoms with Crippen LogP contribution in [-0.2, 0) is 16.1 Å². The lowest BCUT2D eigenvalue weighted by molar-refractivity contribution is -0.896. The Labute approximate surface area is 198 Å². The summed E-state index contributed by atoms with van der Waals surface area (Å²) in [5, 5.41) is 0. The molecule has 0 aromatic heterocycles. The van der Waals surface area contributed by atoms with E-state index < -0.39 is 0 Å². The van der Waals surface area contributed by atoms with Gasteiger partial charge in [0.1, 0.15) is 6.54 Å². The summed E-state index contributed by atoms with van der Waals surface area (Å²) in [5.74, 6) is -0.0781. The molecular formula is C27H48ClNO2. The molecule has 0 unspecified atom stereocenters. The molecular weight excluding hydrogens is 406 g/mol. The van der Waals surface area contributed by atoms with E-state index in [0.29, 0.717) is 17.6 Å². The van der Waals surface area contributed by atoms with Crippen LogP contribution in [-0.4, -0.2) is 37.7 Å². The zero-order valence-corrected chi connectivity index (χ0v) is 21.3. The van der Waals surface area contributed by atoms with Crippen molar-refractivity contribution in [2.45, 2.75) is 103 Å². The molecule has 0 amide bonds. The third kappa shape index (κ3) is 18.2. The number of carbonyl (C=O) groups excluding carboxylic acids is 1. The molecule has 4 heteroatoms. The second-order valence-corrected chi connectivity index (χ2v) is 9.55. The molecule has 0 saturated carbocycles. The number of ether oxygens (including phenoxy) is 1. The van der Waals surface area contributed by atoms with E-state index >= 15 is 0 Å². The number of unbranched alkanes of at least 4 members (excludes halogenated alkanes) is 13. The number of hydrogen-bond donors (Lipinski definition) is 0. The molecule has 1 aromatic carbocycles. The Morgan fingerprint density at radius 3 is 1.68 bits per heavy atom. The zero-order chi connectivity index (χ0) is 21.9. The smallest absolute Gasteiger partial charge is 0.361 e. The van der Waals surface area contributed by atoms with Crippen LogP contribution >= 0.6 is 0 Å². The predicted octanol–water partition coefficient (Wildman–Crippen LogP) is 4.29. The largest absolute Gasteiger partial charge is 1.00 e. The van der Waals surface area contributed by atoms with E-state index in [1.165, 1.54) is 89.0 Å².